The van der Waals surface area contributed by atoms with Crippen molar-refractivity contribution in [3.8, 4) is 0 Å². The molecule has 0 aromatic carbocycles. The molecule has 12 heavy (non-hydrogen) atoms. The van der Waals surface area contributed by atoms with Crippen molar-refractivity contribution in [1.29, 1.82) is 0 Å². The summed E-state index contributed by atoms with van der Waals surface area (Å²) >= 11 is 0. The van der Waals surface area contributed by atoms with Crippen LogP contribution < -0.4 is 5.32 Å². The Hall–Kier alpha value is -0.770. The molecule has 0 aromatic rings. The molecule has 70 valence electrons. The van der Waals surface area contributed by atoms with Gasteiger partial charge in [0.1, 0.15) is 6.10 Å². The van der Waals surface area contributed by atoms with Gasteiger partial charge in [-0.15, -0.1) is 0 Å². The predicted molar refractivity (Wildman–Crippen MR) is 43.8 cm³/mol. The number of hydrogen-bond donors (Lipinski definition) is 2. The molecule has 1 rings (SSSR count). The highest BCUT2D eigenvalue weighted by atomic mass is 16.6. The first-order chi connectivity index (χ1) is 5.72. The summed E-state index contributed by atoms with van der Waals surface area (Å²) in [7, 11) is 1.53. The number of rotatable bonds is 1. The monoisotopic (exact) mass is 173 g/mol. The van der Waals surface area contributed by atoms with Crippen LogP contribution in [0.5, 0.6) is 0 Å². The number of carbonyl (C=O) groups is 1. The fourth-order valence-corrected chi connectivity index (χ4v) is 1.44. The Kier molecular flexibility index (Phi) is 3.34. The molecule has 4 heteroatoms. The van der Waals surface area contributed by atoms with Crippen molar-refractivity contribution in [3.63, 3.8) is 0 Å². The molecule has 0 heterocycles. The fraction of sp³-hybridized carbons (Fsp3) is 0.875. The lowest BCUT2D eigenvalue weighted by atomic mass is 9.95. The van der Waals surface area contributed by atoms with E-state index >= 15 is 0 Å². The Morgan fingerprint density at radius 2 is 2.33 bits per heavy atom. The molecule has 2 N–H and O–H groups in total. The number of hydrogen-bond acceptors (Lipinski definition) is 3. The van der Waals surface area contributed by atoms with E-state index in [0.717, 1.165) is 19.3 Å². The molecule has 1 aliphatic carbocycles. The Labute approximate surface area is 71.9 Å². The van der Waals surface area contributed by atoms with Gasteiger partial charge in [0.25, 0.3) is 0 Å². The molecule has 0 bridgehead atoms. The second-order valence-electron chi connectivity index (χ2n) is 3.10. The van der Waals surface area contributed by atoms with Crippen LogP contribution in [0.2, 0.25) is 0 Å². The average molecular weight is 173 g/mol. The first-order valence-electron chi connectivity index (χ1n) is 4.29. The van der Waals surface area contributed by atoms with Gasteiger partial charge in [-0.2, -0.15) is 0 Å². The summed E-state index contributed by atoms with van der Waals surface area (Å²) in [6.45, 7) is 0. The summed E-state index contributed by atoms with van der Waals surface area (Å²) in [6.07, 6.45) is 2.39. The van der Waals surface area contributed by atoms with Crippen LogP contribution >= 0.6 is 0 Å². The smallest absolute Gasteiger partial charge is 0.407 e. The van der Waals surface area contributed by atoms with Gasteiger partial charge in [0.15, 0.2) is 0 Å². The van der Waals surface area contributed by atoms with Crippen LogP contribution in [-0.4, -0.2) is 30.5 Å². The summed E-state index contributed by atoms with van der Waals surface area (Å²) in [6, 6.07) is 0. The van der Waals surface area contributed by atoms with Crippen LogP contribution in [0, 0.1) is 0 Å². The van der Waals surface area contributed by atoms with Crippen molar-refractivity contribution in [2.45, 2.75) is 37.9 Å². The first kappa shape index (κ1) is 9.32. The van der Waals surface area contributed by atoms with E-state index in [2.05, 4.69) is 5.32 Å². The maximum Gasteiger partial charge on any atom is 0.407 e. The van der Waals surface area contributed by atoms with Gasteiger partial charge in [0.05, 0.1) is 6.10 Å². The lowest BCUT2D eigenvalue weighted by Crippen LogP contribution is -2.31. The minimum Gasteiger partial charge on any atom is -0.446 e. The van der Waals surface area contributed by atoms with Gasteiger partial charge in [0, 0.05) is 13.5 Å². The number of amides is 1. The van der Waals surface area contributed by atoms with E-state index in [-0.39, 0.29) is 12.2 Å². The Morgan fingerprint density at radius 1 is 1.58 bits per heavy atom. The second-order valence-corrected chi connectivity index (χ2v) is 3.10. The maximum atomic E-state index is 10.8. The molecule has 1 aliphatic rings. The molecule has 1 saturated carbocycles. The summed E-state index contributed by atoms with van der Waals surface area (Å²) in [5.41, 5.74) is 0. The molecule has 0 radical (unpaired) electrons. The van der Waals surface area contributed by atoms with Crippen LogP contribution in [0.15, 0.2) is 0 Å². The summed E-state index contributed by atoms with van der Waals surface area (Å²) in [4.78, 5) is 10.8. The zero-order chi connectivity index (χ0) is 8.97. The minimum absolute atomic E-state index is 0.103. The van der Waals surface area contributed by atoms with Gasteiger partial charge in [-0.3, -0.25) is 0 Å². The molecule has 2 unspecified atom stereocenters. The molecule has 2 atom stereocenters. The standard InChI is InChI=1S/C8H15NO3/c1-9-8(11)12-7-4-2-3-6(10)5-7/h6-7,10H,2-5H2,1H3,(H,9,11). The van der Waals surface area contributed by atoms with Crippen molar-refractivity contribution >= 4 is 6.09 Å². The van der Waals surface area contributed by atoms with Gasteiger partial charge < -0.3 is 15.2 Å². The van der Waals surface area contributed by atoms with Crippen LogP contribution in [0.4, 0.5) is 4.79 Å². The lowest BCUT2D eigenvalue weighted by molar-refractivity contribution is 0.0237. The Bertz CT molecular complexity index is 160. The first-order valence-corrected chi connectivity index (χ1v) is 4.29. The molecule has 1 fully saturated rings. The van der Waals surface area contributed by atoms with E-state index in [1.54, 1.807) is 0 Å². The number of aliphatic hydroxyl groups is 1. The lowest BCUT2D eigenvalue weighted by Gasteiger charge is -2.25. The van der Waals surface area contributed by atoms with Gasteiger partial charge in [0.2, 0.25) is 0 Å². The quantitative estimate of drug-likeness (QED) is 0.612. The number of nitrogens with one attached hydrogen (secondary N) is 1. The number of aliphatic hydroxyl groups excluding tert-OH is 1. The van der Waals surface area contributed by atoms with E-state index in [1.807, 2.05) is 0 Å². The summed E-state index contributed by atoms with van der Waals surface area (Å²) in [5.74, 6) is 0. The van der Waals surface area contributed by atoms with Crippen molar-refractivity contribution in [2.24, 2.45) is 0 Å². The van der Waals surface area contributed by atoms with Gasteiger partial charge in [-0.05, 0) is 19.3 Å². The SMILES string of the molecule is CNC(=O)OC1CCCC(O)C1. The van der Waals surface area contributed by atoms with E-state index < -0.39 is 6.09 Å². The number of ether oxygens (including phenoxy) is 1. The Balaban J connectivity index is 2.27. The molecule has 1 amide bonds. The molecule has 0 aliphatic heterocycles. The zero-order valence-electron chi connectivity index (χ0n) is 7.25. The largest absolute Gasteiger partial charge is 0.446 e. The highest BCUT2D eigenvalue weighted by Gasteiger charge is 2.22. The molecule has 0 saturated heterocycles. The van der Waals surface area contributed by atoms with Crippen molar-refractivity contribution in [3.05, 3.63) is 0 Å². The van der Waals surface area contributed by atoms with Crippen LogP contribution in [0.1, 0.15) is 25.7 Å². The van der Waals surface area contributed by atoms with E-state index in [1.165, 1.54) is 7.05 Å². The van der Waals surface area contributed by atoms with Crippen LogP contribution in [0.3, 0.4) is 0 Å². The molecule has 0 aromatic heterocycles. The van der Waals surface area contributed by atoms with E-state index in [4.69, 9.17) is 4.74 Å². The van der Waals surface area contributed by atoms with Gasteiger partial charge in [-0.25, -0.2) is 4.79 Å². The summed E-state index contributed by atoms with van der Waals surface area (Å²) < 4.78 is 5.00. The highest BCUT2D eigenvalue weighted by molar-refractivity contribution is 5.66. The molecular formula is C8H15NO3. The minimum atomic E-state index is -0.408. The second kappa shape index (κ2) is 4.30. The van der Waals surface area contributed by atoms with Crippen molar-refractivity contribution < 1.29 is 14.6 Å². The van der Waals surface area contributed by atoms with E-state index in [0.29, 0.717) is 6.42 Å². The topological polar surface area (TPSA) is 58.6 Å². The van der Waals surface area contributed by atoms with Crippen LogP contribution in [-0.2, 0) is 4.74 Å². The average Bonchev–Trinajstić information content (AvgIpc) is 2.04. The van der Waals surface area contributed by atoms with Crippen LogP contribution in [0.25, 0.3) is 0 Å². The maximum absolute atomic E-state index is 10.8. The third kappa shape index (κ3) is 2.70. The Morgan fingerprint density at radius 3 is 2.92 bits per heavy atom. The fourth-order valence-electron chi connectivity index (χ4n) is 1.44. The molecule has 0 spiro atoms. The number of alkyl carbamates (subject to hydrolysis) is 1. The van der Waals surface area contributed by atoms with Gasteiger partial charge in [-0.1, -0.05) is 0 Å². The zero-order valence-corrected chi connectivity index (χ0v) is 7.25. The summed E-state index contributed by atoms with van der Waals surface area (Å²) in [5, 5.41) is 11.6. The third-order valence-electron chi connectivity index (χ3n) is 2.08. The van der Waals surface area contributed by atoms with Gasteiger partial charge >= 0.3 is 6.09 Å². The van der Waals surface area contributed by atoms with Crippen molar-refractivity contribution in [1.82, 2.24) is 5.32 Å². The normalized spacial score (nSPS) is 29.5. The van der Waals surface area contributed by atoms with Crippen molar-refractivity contribution in [2.75, 3.05) is 7.05 Å². The number of carbonyl (C=O) groups excluding carboxylic acids is 1. The van der Waals surface area contributed by atoms with E-state index in [9.17, 15) is 9.90 Å². The highest BCUT2D eigenvalue weighted by Crippen LogP contribution is 2.20. The third-order valence-corrected chi connectivity index (χ3v) is 2.08. The molecule has 4 nitrogen and oxygen atoms in total. The predicted octanol–water partition coefficient (Wildman–Crippen LogP) is 0.646. The molecular weight excluding hydrogens is 158 g/mol.